The SMILES string of the molecule is Cc1cc(NCCCO)cc([N+](=O)[O-])c1. The molecule has 0 unspecified atom stereocenters. The number of nitrogens with one attached hydrogen (secondary N) is 1. The zero-order valence-corrected chi connectivity index (χ0v) is 8.56. The normalized spacial score (nSPS) is 10.0. The van der Waals surface area contributed by atoms with Crippen LogP contribution in [0.5, 0.6) is 0 Å². The second kappa shape index (κ2) is 5.31. The van der Waals surface area contributed by atoms with E-state index in [2.05, 4.69) is 5.32 Å². The summed E-state index contributed by atoms with van der Waals surface area (Å²) in [5.74, 6) is 0. The van der Waals surface area contributed by atoms with E-state index < -0.39 is 4.92 Å². The van der Waals surface area contributed by atoms with Crippen molar-refractivity contribution in [3.63, 3.8) is 0 Å². The largest absolute Gasteiger partial charge is 0.396 e. The maximum atomic E-state index is 10.6. The summed E-state index contributed by atoms with van der Waals surface area (Å²) in [6.45, 7) is 2.53. The molecule has 5 nitrogen and oxygen atoms in total. The molecule has 0 atom stereocenters. The Hall–Kier alpha value is -1.62. The molecule has 0 saturated heterocycles. The molecule has 0 amide bonds. The molecule has 5 heteroatoms. The minimum Gasteiger partial charge on any atom is -0.396 e. The third-order valence-electron chi connectivity index (χ3n) is 1.94. The minimum atomic E-state index is -0.412. The van der Waals surface area contributed by atoms with E-state index in [1.165, 1.54) is 12.1 Å². The smallest absolute Gasteiger partial charge is 0.271 e. The van der Waals surface area contributed by atoms with Gasteiger partial charge in [0.15, 0.2) is 0 Å². The van der Waals surface area contributed by atoms with Crippen LogP contribution in [-0.2, 0) is 0 Å². The number of nitro benzene ring substituents is 1. The number of nitrogens with zero attached hydrogens (tertiary/aromatic N) is 1. The van der Waals surface area contributed by atoms with Crippen molar-refractivity contribution in [3.05, 3.63) is 33.9 Å². The lowest BCUT2D eigenvalue weighted by Crippen LogP contribution is -2.04. The summed E-state index contributed by atoms with van der Waals surface area (Å²) >= 11 is 0. The van der Waals surface area contributed by atoms with Crippen LogP contribution in [0.3, 0.4) is 0 Å². The van der Waals surface area contributed by atoms with Gasteiger partial charge in [0, 0.05) is 31.0 Å². The fourth-order valence-electron chi connectivity index (χ4n) is 1.28. The molecule has 82 valence electrons. The molecule has 0 aliphatic rings. The number of aryl methyl sites for hydroxylation is 1. The number of non-ortho nitro benzene ring substituents is 1. The van der Waals surface area contributed by atoms with E-state index in [9.17, 15) is 10.1 Å². The average Bonchev–Trinajstić information content (AvgIpc) is 2.17. The van der Waals surface area contributed by atoms with E-state index in [1.807, 2.05) is 13.0 Å². The van der Waals surface area contributed by atoms with Crippen molar-refractivity contribution in [3.8, 4) is 0 Å². The quantitative estimate of drug-likeness (QED) is 0.440. The summed E-state index contributed by atoms with van der Waals surface area (Å²) in [5, 5.41) is 22.2. The van der Waals surface area contributed by atoms with E-state index in [0.717, 1.165) is 11.3 Å². The van der Waals surface area contributed by atoms with Crippen LogP contribution < -0.4 is 5.32 Å². The first-order chi connectivity index (χ1) is 7.13. The Kier molecular flexibility index (Phi) is 4.05. The first-order valence-corrected chi connectivity index (χ1v) is 4.74. The van der Waals surface area contributed by atoms with Crippen molar-refractivity contribution >= 4 is 11.4 Å². The lowest BCUT2D eigenvalue weighted by molar-refractivity contribution is -0.384. The van der Waals surface area contributed by atoms with Crippen LogP contribution in [0.15, 0.2) is 18.2 Å². The molecule has 0 radical (unpaired) electrons. The molecule has 0 heterocycles. The molecule has 0 aliphatic carbocycles. The van der Waals surface area contributed by atoms with Gasteiger partial charge >= 0.3 is 0 Å². The zero-order chi connectivity index (χ0) is 11.3. The van der Waals surface area contributed by atoms with Gasteiger partial charge in [0.2, 0.25) is 0 Å². The van der Waals surface area contributed by atoms with Gasteiger partial charge in [-0.1, -0.05) is 0 Å². The number of benzene rings is 1. The summed E-state index contributed by atoms with van der Waals surface area (Å²) < 4.78 is 0. The van der Waals surface area contributed by atoms with E-state index in [1.54, 1.807) is 0 Å². The highest BCUT2D eigenvalue weighted by atomic mass is 16.6. The number of anilines is 1. The highest BCUT2D eigenvalue weighted by Crippen LogP contribution is 2.20. The van der Waals surface area contributed by atoms with Gasteiger partial charge < -0.3 is 10.4 Å². The number of aliphatic hydroxyl groups excluding tert-OH is 1. The van der Waals surface area contributed by atoms with E-state index in [0.29, 0.717) is 13.0 Å². The van der Waals surface area contributed by atoms with Crippen molar-refractivity contribution in [2.45, 2.75) is 13.3 Å². The molecule has 1 aromatic rings. The number of rotatable bonds is 5. The van der Waals surface area contributed by atoms with Gasteiger partial charge in [-0.15, -0.1) is 0 Å². The number of hydrogen-bond acceptors (Lipinski definition) is 4. The van der Waals surface area contributed by atoms with Gasteiger partial charge in [0.05, 0.1) is 4.92 Å². The molecular weight excluding hydrogens is 196 g/mol. The molecule has 1 rings (SSSR count). The van der Waals surface area contributed by atoms with Crippen LogP contribution in [0.2, 0.25) is 0 Å². The second-order valence-electron chi connectivity index (χ2n) is 3.32. The Morgan fingerprint density at radius 1 is 1.47 bits per heavy atom. The number of hydrogen-bond donors (Lipinski definition) is 2. The predicted octanol–water partition coefficient (Wildman–Crippen LogP) is 1.70. The van der Waals surface area contributed by atoms with Gasteiger partial charge in [0.25, 0.3) is 5.69 Å². The van der Waals surface area contributed by atoms with Crippen LogP contribution in [0.4, 0.5) is 11.4 Å². The van der Waals surface area contributed by atoms with Gasteiger partial charge in [-0.25, -0.2) is 0 Å². The van der Waals surface area contributed by atoms with Crippen LogP contribution in [0, 0.1) is 17.0 Å². The highest BCUT2D eigenvalue weighted by Gasteiger charge is 2.07. The molecule has 0 saturated carbocycles. The van der Waals surface area contributed by atoms with Gasteiger partial charge in [-0.3, -0.25) is 10.1 Å². The average molecular weight is 210 g/mol. The Morgan fingerprint density at radius 3 is 2.80 bits per heavy atom. The molecule has 0 bridgehead atoms. The van der Waals surface area contributed by atoms with E-state index in [-0.39, 0.29) is 12.3 Å². The maximum Gasteiger partial charge on any atom is 0.271 e. The Morgan fingerprint density at radius 2 is 2.20 bits per heavy atom. The summed E-state index contributed by atoms with van der Waals surface area (Å²) in [7, 11) is 0. The summed E-state index contributed by atoms with van der Waals surface area (Å²) in [6, 6.07) is 4.85. The predicted molar refractivity (Wildman–Crippen MR) is 58.0 cm³/mol. The Bertz CT molecular complexity index is 353. The first-order valence-electron chi connectivity index (χ1n) is 4.74. The van der Waals surface area contributed by atoms with Gasteiger partial charge in [0.1, 0.15) is 0 Å². The highest BCUT2D eigenvalue weighted by molar-refractivity contribution is 5.53. The van der Waals surface area contributed by atoms with Crippen molar-refractivity contribution in [1.82, 2.24) is 0 Å². The van der Waals surface area contributed by atoms with Crippen LogP contribution in [-0.4, -0.2) is 23.2 Å². The molecule has 0 fully saturated rings. The van der Waals surface area contributed by atoms with Gasteiger partial charge in [-0.2, -0.15) is 0 Å². The minimum absolute atomic E-state index is 0.0847. The molecule has 2 N–H and O–H groups in total. The third-order valence-corrected chi connectivity index (χ3v) is 1.94. The van der Waals surface area contributed by atoms with E-state index in [4.69, 9.17) is 5.11 Å². The maximum absolute atomic E-state index is 10.6. The molecule has 0 aromatic heterocycles. The Balaban J connectivity index is 2.75. The van der Waals surface area contributed by atoms with Crippen molar-refractivity contribution in [2.75, 3.05) is 18.5 Å². The molecule has 0 spiro atoms. The molecule has 0 aliphatic heterocycles. The lowest BCUT2D eigenvalue weighted by Gasteiger charge is -2.05. The number of nitro groups is 1. The standard InChI is InChI=1S/C10H14N2O3/c1-8-5-9(11-3-2-4-13)7-10(6-8)12(14)15/h5-7,11,13H,2-4H2,1H3. The van der Waals surface area contributed by atoms with Gasteiger partial charge in [-0.05, 0) is 25.0 Å². The van der Waals surface area contributed by atoms with Crippen molar-refractivity contribution < 1.29 is 10.0 Å². The molecule has 1 aromatic carbocycles. The second-order valence-corrected chi connectivity index (χ2v) is 3.32. The topological polar surface area (TPSA) is 75.4 Å². The molecular formula is C10H14N2O3. The van der Waals surface area contributed by atoms with Crippen molar-refractivity contribution in [1.29, 1.82) is 0 Å². The fourth-order valence-corrected chi connectivity index (χ4v) is 1.28. The summed E-state index contributed by atoms with van der Waals surface area (Å²) in [5.41, 5.74) is 1.65. The summed E-state index contributed by atoms with van der Waals surface area (Å²) in [4.78, 5) is 10.2. The van der Waals surface area contributed by atoms with E-state index >= 15 is 0 Å². The lowest BCUT2D eigenvalue weighted by atomic mass is 10.2. The van der Waals surface area contributed by atoms with Crippen LogP contribution in [0.1, 0.15) is 12.0 Å². The Labute approximate surface area is 87.9 Å². The zero-order valence-electron chi connectivity index (χ0n) is 8.56. The molecule has 15 heavy (non-hydrogen) atoms. The van der Waals surface area contributed by atoms with Crippen LogP contribution in [0.25, 0.3) is 0 Å². The summed E-state index contributed by atoms with van der Waals surface area (Å²) in [6.07, 6.45) is 0.627. The third kappa shape index (κ3) is 3.55. The number of aliphatic hydroxyl groups is 1. The fraction of sp³-hybridized carbons (Fsp3) is 0.400. The monoisotopic (exact) mass is 210 g/mol. The first kappa shape index (κ1) is 11.5. The van der Waals surface area contributed by atoms with Crippen LogP contribution >= 0.6 is 0 Å². The van der Waals surface area contributed by atoms with Crippen molar-refractivity contribution in [2.24, 2.45) is 0 Å².